The quantitative estimate of drug-likeness (QED) is 0.546. The molecule has 0 N–H and O–H groups in total. The third-order valence-corrected chi connectivity index (χ3v) is 4.37. The Labute approximate surface area is 123 Å². The number of hydrogen-bond donors (Lipinski definition) is 0. The molecule has 0 atom stereocenters. The molecule has 0 radical (unpaired) electrons. The summed E-state index contributed by atoms with van der Waals surface area (Å²) < 4.78 is 15.3. The van der Waals surface area contributed by atoms with Gasteiger partial charge in [-0.1, -0.05) is 53.9 Å². The van der Waals surface area contributed by atoms with Gasteiger partial charge in [-0.2, -0.15) is 0 Å². The molecule has 3 aromatic rings. The standard InChI is InChI=1S/C13H11FN4S2/c1-19-12-15-7-10(14)11-16-17-13(18(11)12)20-8-9-5-3-2-4-6-9/h2-7H,8H2,1H3. The Balaban J connectivity index is 1.94. The largest absolute Gasteiger partial charge is 0.246 e. The summed E-state index contributed by atoms with van der Waals surface area (Å²) in [6.45, 7) is 0. The molecule has 4 nitrogen and oxygen atoms in total. The lowest BCUT2D eigenvalue weighted by Crippen LogP contribution is -1.98. The maximum atomic E-state index is 13.7. The van der Waals surface area contributed by atoms with Gasteiger partial charge in [-0.05, 0) is 11.8 Å². The van der Waals surface area contributed by atoms with Crippen LogP contribution in [0.2, 0.25) is 0 Å². The number of hydrogen-bond acceptors (Lipinski definition) is 5. The van der Waals surface area contributed by atoms with Crippen LogP contribution >= 0.6 is 23.5 Å². The zero-order chi connectivity index (χ0) is 13.9. The predicted molar refractivity (Wildman–Crippen MR) is 78.5 cm³/mol. The highest BCUT2D eigenvalue weighted by atomic mass is 32.2. The Hall–Kier alpha value is -1.60. The van der Waals surface area contributed by atoms with Crippen molar-refractivity contribution in [2.45, 2.75) is 16.1 Å². The second-order valence-corrected chi connectivity index (χ2v) is 5.72. The Morgan fingerprint density at radius 3 is 2.70 bits per heavy atom. The molecule has 0 unspecified atom stereocenters. The van der Waals surface area contributed by atoms with Crippen LogP contribution in [0.15, 0.2) is 46.8 Å². The summed E-state index contributed by atoms with van der Waals surface area (Å²) in [6.07, 6.45) is 3.08. The second kappa shape index (κ2) is 5.80. The first-order valence-electron chi connectivity index (χ1n) is 5.90. The molecule has 2 aromatic heterocycles. The lowest BCUT2D eigenvalue weighted by molar-refractivity contribution is 0.609. The number of aromatic nitrogens is 4. The first-order valence-corrected chi connectivity index (χ1v) is 8.11. The monoisotopic (exact) mass is 306 g/mol. The molecule has 0 aliphatic heterocycles. The zero-order valence-electron chi connectivity index (χ0n) is 10.7. The van der Waals surface area contributed by atoms with Gasteiger partial charge >= 0.3 is 0 Å². The summed E-state index contributed by atoms with van der Waals surface area (Å²) in [5.74, 6) is 0.299. The van der Waals surface area contributed by atoms with Crippen LogP contribution < -0.4 is 0 Å². The minimum atomic E-state index is -0.457. The van der Waals surface area contributed by atoms with Gasteiger partial charge in [0.05, 0.1) is 6.20 Å². The lowest BCUT2D eigenvalue weighted by atomic mass is 10.2. The highest BCUT2D eigenvalue weighted by molar-refractivity contribution is 7.99. The Bertz CT molecular complexity index is 730. The fourth-order valence-electron chi connectivity index (χ4n) is 1.78. The Kier molecular flexibility index (Phi) is 3.88. The summed E-state index contributed by atoms with van der Waals surface area (Å²) in [6, 6.07) is 10.1. The normalized spacial score (nSPS) is 11.1. The molecular formula is C13H11FN4S2. The summed E-state index contributed by atoms with van der Waals surface area (Å²) in [4.78, 5) is 4.07. The third kappa shape index (κ3) is 2.51. The van der Waals surface area contributed by atoms with E-state index in [1.54, 1.807) is 4.40 Å². The molecule has 1 aromatic carbocycles. The van der Waals surface area contributed by atoms with Crippen LogP contribution in [0, 0.1) is 5.82 Å². The predicted octanol–water partition coefficient (Wildman–Crippen LogP) is 3.28. The molecule has 0 spiro atoms. The Morgan fingerprint density at radius 2 is 1.95 bits per heavy atom. The van der Waals surface area contributed by atoms with Crippen LogP contribution in [0.1, 0.15) is 5.56 Å². The van der Waals surface area contributed by atoms with E-state index in [9.17, 15) is 4.39 Å². The van der Waals surface area contributed by atoms with Crippen molar-refractivity contribution in [1.82, 2.24) is 19.6 Å². The molecule has 0 saturated heterocycles. The van der Waals surface area contributed by atoms with Gasteiger partial charge < -0.3 is 0 Å². The molecular weight excluding hydrogens is 295 g/mol. The van der Waals surface area contributed by atoms with Gasteiger partial charge in [0.25, 0.3) is 0 Å². The Morgan fingerprint density at radius 1 is 1.15 bits per heavy atom. The SMILES string of the molecule is CSc1ncc(F)c2nnc(SCc3ccccc3)n12. The van der Waals surface area contributed by atoms with Gasteiger partial charge in [-0.25, -0.2) is 13.8 Å². The average molecular weight is 306 g/mol. The zero-order valence-corrected chi connectivity index (χ0v) is 12.3. The van der Waals surface area contributed by atoms with Gasteiger partial charge in [0.2, 0.25) is 5.65 Å². The molecule has 7 heteroatoms. The molecule has 2 heterocycles. The fourth-order valence-corrected chi connectivity index (χ4v) is 3.24. The molecule has 102 valence electrons. The van der Waals surface area contributed by atoms with E-state index in [1.807, 2.05) is 36.6 Å². The van der Waals surface area contributed by atoms with E-state index >= 15 is 0 Å². The van der Waals surface area contributed by atoms with Crippen molar-refractivity contribution in [2.75, 3.05) is 6.26 Å². The van der Waals surface area contributed by atoms with E-state index in [-0.39, 0.29) is 5.65 Å². The van der Waals surface area contributed by atoms with Crippen LogP contribution in [0.3, 0.4) is 0 Å². The lowest BCUT2D eigenvalue weighted by Gasteiger charge is -2.04. The van der Waals surface area contributed by atoms with Crippen molar-refractivity contribution < 1.29 is 4.39 Å². The molecule has 0 fully saturated rings. The van der Waals surface area contributed by atoms with Crippen LogP contribution in [-0.2, 0) is 5.75 Å². The highest BCUT2D eigenvalue weighted by Crippen LogP contribution is 2.25. The number of rotatable bonds is 4. The van der Waals surface area contributed by atoms with Gasteiger partial charge in [0.1, 0.15) is 0 Å². The summed E-state index contributed by atoms with van der Waals surface area (Å²) in [5.41, 5.74) is 1.41. The van der Waals surface area contributed by atoms with Crippen molar-refractivity contribution >= 4 is 29.2 Å². The fraction of sp³-hybridized carbons (Fsp3) is 0.154. The summed E-state index contributed by atoms with van der Waals surface area (Å²) in [5, 5.41) is 9.30. The third-order valence-electron chi connectivity index (χ3n) is 2.72. The molecule has 0 amide bonds. The van der Waals surface area contributed by atoms with E-state index < -0.39 is 5.82 Å². The van der Waals surface area contributed by atoms with Crippen LogP contribution in [0.4, 0.5) is 4.39 Å². The van der Waals surface area contributed by atoms with Gasteiger partial charge in [0, 0.05) is 5.75 Å². The van der Waals surface area contributed by atoms with E-state index in [0.717, 1.165) is 5.75 Å². The molecule has 0 aliphatic carbocycles. The summed E-state index contributed by atoms with van der Waals surface area (Å²) in [7, 11) is 0. The van der Waals surface area contributed by atoms with Crippen molar-refractivity contribution in [3.05, 3.63) is 47.9 Å². The maximum Gasteiger partial charge on any atom is 0.201 e. The highest BCUT2D eigenvalue weighted by Gasteiger charge is 2.14. The van der Waals surface area contributed by atoms with E-state index in [0.29, 0.717) is 10.3 Å². The average Bonchev–Trinajstić information content (AvgIpc) is 2.92. The van der Waals surface area contributed by atoms with E-state index in [4.69, 9.17) is 0 Å². The first-order chi connectivity index (χ1) is 9.79. The van der Waals surface area contributed by atoms with Crippen molar-refractivity contribution in [3.63, 3.8) is 0 Å². The van der Waals surface area contributed by atoms with Crippen molar-refractivity contribution in [3.8, 4) is 0 Å². The minimum Gasteiger partial charge on any atom is -0.246 e. The van der Waals surface area contributed by atoms with Gasteiger partial charge in [-0.15, -0.1) is 10.2 Å². The van der Waals surface area contributed by atoms with E-state index in [1.165, 1.54) is 35.3 Å². The van der Waals surface area contributed by atoms with Crippen molar-refractivity contribution in [2.24, 2.45) is 0 Å². The second-order valence-electron chi connectivity index (χ2n) is 4.01. The van der Waals surface area contributed by atoms with Gasteiger partial charge in [0.15, 0.2) is 16.1 Å². The first kappa shape index (κ1) is 13.4. The number of benzene rings is 1. The maximum absolute atomic E-state index is 13.7. The van der Waals surface area contributed by atoms with Crippen LogP contribution in [0.5, 0.6) is 0 Å². The molecule has 0 saturated carbocycles. The molecule has 0 aliphatic rings. The molecule has 0 bridgehead atoms. The van der Waals surface area contributed by atoms with Crippen LogP contribution in [-0.4, -0.2) is 25.8 Å². The number of halogens is 1. The topological polar surface area (TPSA) is 43.1 Å². The number of thioether (sulfide) groups is 2. The number of fused-ring (bicyclic) bond motifs is 1. The molecule has 3 rings (SSSR count). The van der Waals surface area contributed by atoms with Gasteiger partial charge in [-0.3, -0.25) is 0 Å². The smallest absolute Gasteiger partial charge is 0.201 e. The minimum absolute atomic E-state index is 0.222. The van der Waals surface area contributed by atoms with Crippen molar-refractivity contribution in [1.29, 1.82) is 0 Å². The molecule has 20 heavy (non-hydrogen) atoms. The summed E-state index contributed by atoms with van der Waals surface area (Å²) >= 11 is 2.96. The van der Waals surface area contributed by atoms with Crippen LogP contribution in [0.25, 0.3) is 5.65 Å². The number of nitrogens with zero attached hydrogens (tertiary/aromatic N) is 4. The van der Waals surface area contributed by atoms with E-state index in [2.05, 4.69) is 15.2 Å².